The van der Waals surface area contributed by atoms with E-state index in [2.05, 4.69) is 54.2 Å². The summed E-state index contributed by atoms with van der Waals surface area (Å²) >= 11 is 5.95. The van der Waals surface area contributed by atoms with Crippen molar-refractivity contribution in [2.24, 2.45) is 16.7 Å². The van der Waals surface area contributed by atoms with Crippen LogP contribution in [-0.2, 0) is 0 Å². The molecule has 1 heteroatoms. The second-order valence-electron chi connectivity index (χ2n) is 7.28. The molecule has 0 aromatic heterocycles. The number of allylic oxidation sites excluding steroid dienone is 5. The summed E-state index contributed by atoms with van der Waals surface area (Å²) in [5, 5.41) is 0.808. The molecule has 0 radical (unpaired) electrons. The quantitative estimate of drug-likeness (QED) is 0.474. The molecule has 0 saturated heterocycles. The minimum absolute atomic E-state index is 0.265. The number of hydrogen-bond acceptors (Lipinski definition) is 0. The van der Waals surface area contributed by atoms with Gasteiger partial charge in [0.25, 0.3) is 0 Å². The van der Waals surface area contributed by atoms with E-state index in [9.17, 15) is 0 Å². The van der Waals surface area contributed by atoms with E-state index in [0.29, 0.717) is 11.3 Å². The Balaban J connectivity index is 5.50. The maximum absolute atomic E-state index is 5.95. The smallest absolute Gasteiger partial charge is 0.0150 e. The van der Waals surface area contributed by atoms with E-state index < -0.39 is 0 Å². The molecule has 0 bridgehead atoms. The first-order chi connectivity index (χ1) is 8.53. The van der Waals surface area contributed by atoms with Crippen molar-refractivity contribution in [1.29, 1.82) is 0 Å². The summed E-state index contributed by atoms with van der Waals surface area (Å²) in [5.41, 5.74) is 1.86. The van der Waals surface area contributed by atoms with Crippen LogP contribution < -0.4 is 0 Å². The lowest BCUT2D eigenvalue weighted by Crippen LogP contribution is -2.28. The Morgan fingerprint density at radius 3 is 2.00 bits per heavy atom. The van der Waals surface area contributed by atoms with Crippen LogP contribution in [0.1, 0.15) is 61.3 Å². The molecule has 1 unspecified atom stereocenters. The summed E-state index contributed by atoms with van der Waals surface area (Å²) < 4.78 is 0. The highest BCUT2D eigenvalue weighted by atomic mass is 35.5. The summed E-state index contributed by atoms with van der Waals surface area (Å²) in [5.74, 6) is 0.502. The van der Waals surface area contributed by atoms with Crippen molar-refractivity contribution in [2.45, 2.75) is 61.3 Å². The van der Waals surface area contributed by atoms with Crippen molar-refractivity contribution in [2.75, 3.05) is 0 Å². The molecule has 0 aliphatic carbocycles. The topological polar surface area (TPSA) is 0 Å². The monoisotopic (exact) mass is 282 g/mol. The van der Waals surface area contributed by atoms with Crippen LogP contribution in [-0.4, -0.2) is 0 Å². The van der Waals surface area contributed by atoms with Gasteiger partial charge in [0, 0.05) is 5.03 Å². The molecule has 0 aliphatic heterocycles. The van der Waals surface area contributed by atoms with Gasteiger partial charge in [-0.3, -0.25) is 0 Å². The Morgan fingerprint density at radius 2 is 1.68 bits per heavy atom. The molecule has 110 valence electrons. The normalized spacial score (nSPS) is 16.4. The van der Waals surface area contributed by atoms with Crippen LogP contribution >= 0.6 is 11.6 Å². The van der Waals surface area contributed by atoms with Gasteiger partial charge in [-0.2, -0.15) is 0 Å². The SMILES string of the molecule is C=C/C(=C\C=C(/C)Cl)C(CC(C)(C)C)C(C)(C)CC. The van der Waals surface area contributed by atoms with Crippen molar-refractivity contribution >= 4 is 11.6 Å². The molecule has 19 heavy (non-hydrogen) atoms. The standard InChI is InChI=1S/C18H31Cl/c1-9-15(12-11-14(3)19)16(13-17(4,5)6)18(7,8)10-2/h9,11-12,16H,1,10,13H2,2-8H3/b14-11+,15-12+. The second-order valence-corrected chi connectivity index (χ2v) is 7.88. The van der Waals surface area contributed by atoms with E-state index in [1.165, 1.54) is 5.57 Å². The minimum Gasteiger partial charge on any atom is -0.0988 e. The zero-order valence-electron chi connectivity index (χ0n) is 13.8. The van der Waals surface area contributed by atoms with Gasteiger partial charge in [-0.1, -0.05) is 78.3 Å². The summed E-state index contributed by atoms with van der Waals surface area (Å²) in [6.45, 7) is 19.8. The van der Waals surface area contributed by atoms with Crippen LogP contribution in [0.2, 0.25) is 0 Å². The average molecular weight is 283 g/mol. The summed E-state index contributed by atoms with van der Waals surface area (Å²) in [6.07, 6.45) is 8.40. The van der Waals surface area contributed by atoms with Crippen molar-refractivity contribution in [3.05, 3.63) is 35.4 Å². The highest BCUT2D eigenvalue weighted by Gasteiger charge is 2.32. The van der Waals surface area contributed by atoms with Gasteiger partial charge < -0.3 is 0 Å². The third-order valence-electron chi connectivity index (χ3n) is 3.81. The maximum Gasteiger partial charge on any atom is 0.0150 e. The van der Waals surface area contributed by atoms with Crippen LogP contribution in [0.3, 0.4) is 0 Å². The van der Waals surface area contributed by atoms with Gasteiger partial charge in [0.05, 0.1) is 0 Å². The lowest BCUT2D eigenvalue weighted by Gasteiger charge is -2.38. The van der Waals surface area contributed by atoms with Gasteiger partial charge >= 0.3 is 0 Å². The van der Waals surface area contributed by atoms with Crippen LogP contribution in [0, 0.1) is 16.7 Å². The molecule has 1 atom stereocenters. The Hall–Kier alpha value is -0.490. The van der Waals surface area contributed by atoms with Crippen molar-refractivity contribution in [1.82, 2.24) is 0 Å². The Kier molecular flexibility index (Phi) is 7.15. The zero-order chi connectivity index (χ0) is 15.3. The maximum atomic E-state index is 5.95. The fraction of sp³-hybridized carbons (Fsp3) is 0.667. The van der Waals surface area contributed by atoms with Gasteiger partial charge in [0.1, 0.15) is 0 Å². The van der Waals surface area contributed by atoms with E-state index >= 15 is 0 Å². The Bertz CT molecular complexity index is 346. The van der Waals surface area contributed by atoms with Crippen LogP contribution in [0.15, 0.2) is 35.4 Å². The Morgan fingerprint density at radius 1 is 1.16 bits per heavy atom. The van der Waals surface area contributed by atoms with E-state index in [1.54, 1.807) is 0 Å². The number of halogens is 1. The molecular formula is C18H31Cl. The molecule has 0 saturated carbocycles. The fourth-order valence-electron chi connectivity index (χ4n) is 2.24. The molecule has 0 spiro atoms. The van der Waals surface area contributed by atoms with Gasteiger partial charge in [0.2, 0.25) is 0 Å². The summed E-state index contributed by atoms with van der Waals surface area (Å²) in [7, 11) is 0. The van der Waals surface area contributed by atoms with Crippen molar-refractivity contribution in [3.8, 4) is 0 Å². The molecule has 0 aromatic carbocycles. The molecule has 0 heterocycles. The van der Waals surface area contributed by atoms with Crippen LogP contribution in [0.5, 0.6) is 0 Å². The molecule has 0 aliphatic rings. The highest BCUT2D eigenvalue weighted by molar-refractivity contribution is 6.29. The van der Waals surface area contributed by atoms with E-state index in [0.717, 1.165) is 17.9 Å². The van der Waals surface area contributed by atoms with Gasteiger partial charge in [-0.25, -0.2) is 0 Å². The van der Waals surface area contributed by atoms with Gasteiger partial charge in [-0.15, -0.1) is 0 Å². The van der Waals surface area contributed by atoms with E-state index in [4.69, 9.17) is 11.6 Å². The Labute approximate surface area is 125 Å². The lowest BCUT2D eigenvalue weighted by molar-refractivity contribution is 0.174. The lowest BCUT2D eigenvalue weighted by atomic mass is 9.66. The largest absolute Gasteiger partial charge is 0.0988 e. The second kappa shape index (κ2) is 7.33. The van der Waals surface area contributed by atoms with Gasteiger partial charge in [0.15, 0.2) is 0 Å². The first-order valence-electron chi connectivity index (χ1n) is 7.20. The molecule has 0 rings (SSSR count). The van der Waals surface area contributed by atoms with Crippen LogP contribution in [0.25, 0.3) is 0 Å². The predicted molar refractivity (Wildman–Crippen MR) is 89.5 cm³/mol. The molecule has 0 nitrogen and oxygen atoms in total. The fourth-order valence-corrected chi connectivity index (χ4v) is 2.30. The van der Waals surface area contributed by atoms with Crippen LogP contribution in [0.4, 0.5) is 0 Å². The van der Waals surface area contributed by atoms with E-state index in [-0.39, 0.29) is 5.41 Å². The van der Waals surface area contributed by atoms with Gasteiger partial charge in [-0.05, 0) is 41.7 Å². The third kappa shape index (κ3) is 7.01. The summed E-state index contributed by atoms with van der Waals surface area (Å²) in [6, 6.07) is 0. The first kappa shape index (κ1) is 18.5. The number of rotatable bonds is 6. The van der Waals surface area contributed by atoms with E-state index in [1.807, 2.05) is 19.1 Å². The molecule has 0 aromatic rings. The molecular weight excluding hydrogens is 252 g/mol. The molecule has 0 amide bonds. The molecule has 0 N–H and O–H groups in total. The van der Waals surface area contributed by atoms with Crippen molar-refractivity contribution < 1.29 is 0 Å². The first-order valence-corrected chi connectivity index (χ1v) is 7.57. The minimum atomic E-state index is 0.265. The third-order valence-corrected chi connectivity index (χ3v) is 3.94. The molecule has 0 fully saturated rings. The predicted octanol–water partition coefficient (Wildman–Crippen LogP) is 6.73. The van der Waals surface area contributed by atoms with Crippen molar-refractivity contribution in [3.63, 3.8) is 0 Å². The highest BCUT2D eigenvalue weighted by Crippen LogP contribution is 2.43. The number of hydrogen-bond donors (Lipinski definition) is 0. The zero-order valence-corrected chi connectivity index (χ0v) is 14.6. The summed E-state index contributed by atoms with van der Waals surface area (Å²) in [4.78, 5) is 0. The average Bonchev–Trinajstić information content (AvgIpc) is 2.26.